The van der Waals surface area contributed by atoms with Gasteiger partial charge in [0, 0.05) is 17.2 Å². The number of hydrogen-bond acceptors (Lipinski definition) is 4. The van der Waals surface area contributed by atoms with E-state index < -0.39 is 0 Å². The van der Waals surface area contributed by atoms with Crippen molar-refractivity contribution in [1.29, 1.82) is 0 Å². The minimum atomic E-state index is -0.335. The molecule has 3 N–H and O–H groups in total. The number of carbonyl (C=O) groups is 2. The highest BCUT2D eigenvalue weighted by Crippen LogP contribution is 2.30. The van der Waals surface area contributed by atoms with Crippen LogP contribution in [0.25, 0.3) is 0 Å². The molecule has 2 amide bonds. The lowest BCUT2D eigenvalue weighted by Crippen LogP contribution is -2.19. The number of hydrogen-bond donors (Lipinski definition) is 3. The highest BCUT2D eigenvalue weighted by Gasteiger charge is 2.29. The van der Waals surface area contributed by atoms with Gasteiger partial charge in [-0.05, 0) is 73.9 Å². The molecule has 1 aliphatic carbocycles. The van der Waals surface area contributed by atoms with E-state index in [4.69, 9.17) is 0 Å². The van der Waals surface area contributed by atoms with E-state index in [0.29, 0.717) is 17.0 Å². The van der Waals surface area contributed by atoms with Crippen molar-refractivity contribution in [3.8, 4) is 5.75 Å². The number of amides is 2. The third-order valence-corrected chi connectivity index (χ3v) is 3.97. The van der Waals surface area contributed by atoms with Gasteiger partial charge in [-0.15, -0.1) is 0 Å². The van der Waals surface area contributed by atoms with Crippen molar-refractivity contribution in [3.05, 3.63) is 59.7 Å². The van der Waals surface area contributed by atoms with Gasteiger partial charge in [0.25, 0.3) is 5.91 Å². The summed E-state index contributed by atoms with van der Waals surface area (Å²) in [5.41, 5.74) is 5.06. The number of nitrogens with zero attached hydrogens (tertiary/aromatic N) is 1. The van der Waals surface area contributed by atoms with E-state index in [1.807, 2.05) is 0 Å². The van der Waals surface area contributed by atoms with Crippen LogP contribution in [-0.2, 0) is 4.79 Å². The maximum absolute atomic E-state index is 12.1. The largest absolute Gasteiger partial charge is 0.508 e. The van der Waals surface area contributed by atoms with Crippen molar-refractivity contribution in [1.82, 2.24) is 5.43 Å². The number of phenols is 1. The highest BCUT2D eigenvalue weighted by molar-refractivity contribution is 6.01. The molecular formula is C19H19N3O3. The van der Waals surface area contributed by atoms with Crippen molar-refractivity contribution >= 4 is 23.2 Å². The van der Waals surface area contributed by atoms with Gasteiger partial charge in [0.15, 0.2) is 0 Å². The van der Waals surface area contributed by atoms with Crippen LogP contribution in [0.1, 0.15) is 35.7 Å². The topological polar surface area (TPSA) is 90.8 Å². The van der Waals surface area contributed by atoms with Crippen LogP contribution in [0, 0.1) is 5.92 Å². The fourth-order valence-electron chi connectivity index (χ4n) is 2.26. The van der Waals surface area contributed by atoms with E-state index in [1.165, 1.54) is 0 Å². The zero-order valence-electron chi connectivity index (χ0n) is 13.8. The van der Waals surface area contributed by atoms with Crippen LogP contribution in [0.4, 0.5) is 5.69 Å². The third-order valence-electron chi connectivity index (χ3n) is 3.97. The molecule has 128 valence electrons. The second kappa shape index (κ2) is 7.17. The molecule has 0 saturated heterocycles. The van der Waals surface area contributed by atoms with Gasteiger partial charge < -0.3 is 10.4 Å². The van der Waals surface area contributed by atoms with Gasteiger partial charge in [0.1, 0.15) is 5.75 Å². The SMILES string of the molecule is CC(=NNC(=O)c1ccc(NC(=O)C2CC2)cc1)c1ccc(O)cc1. The summed E-state index contributed by atoms with van der Waals surface area (Å²) in [7, 11) is 0. The average molecular weight is 337 g/mol. The number of phenolic OH excluding ortho intramolecular Hbond substituents is 1. The van der Waals surface area contributed by atoms with Gasteiger partial charge >= 0.3 is 0 Å². The molecule has 6 heteroatoms. The second-order valence-electron chi connectivity index (χ2n) is 6.03. The molecule has 2 aromatic carbocycles. The Morgan fingerprint density at radius 1 is 1.00 bits per heavy atom. The second-order valence-corrected chi connectivity index (χ2v) is 6.03. The van der Waals surface area contributed by atoms with E-state index in [-0.39, 0.29) is 23.5 Å². The van der Waals surface area contributed by atoms with Crippen molar-refractivity contribution in [2.24, 2.45) is 11.0 Å². The van der Waals surface area contributed by atoms with Gasteiger partial charge in [-0.25, -0.2) is 5.43 Å². The number of rotatable bonds is 5. The fraction of sp³-hybridized carbons (Fsp3) is 0.211. The Kier molecular flexibility index (Phi) is 4.79. The van der Waals surface area contributed by atoms with Crippen molar-refractivity contribution in [2.75, 3.05) is 5.32 Å². The number of anilines is 1. The first kappa shape index (κ1) is 16.7. The third kappa shape index (κ3) is 4.44. The molecular weight excluding hydrogens is 318 g/mol. The number of hydrazone groups is 1. The average Bonchev–Trinajstić information content (AvgIpc) is 3.46. The van der Waals surface area contributed by atoms with Gasteiger partial charge in [-0.2, -0.15) is 5.10 Å². The first-order valence-electron chi connectivity index (χ1n) is 8.08. The van der Waals surface area contributed by atoms with Crippen LogP contribution in [0.15, 0.2) is 53.6 Å². The van der Waals surface area contributed by atoms with Crippen LogP contribution in [0.5, 0.6) is 5.75 Å². The number of nitrogens with one attached hydrogen (secondary N) is 2. The molecule has 0 radical (unpaired) electrons. The van der Waals surface area contributed by atoms with Crippen molar-refractivity contribution < 1.29 is 14.7 Å². The van der Waals surface area contributed by atoms with Gasteiger partial charge in [0.2, 0.25) is 5.91 Å². The lowest BCUT2D eigenvalue weighted by Gasteiger charge is -2.06. The molecule has 0 aromatic heterocycles. The Labute approximate surface area is 145 Å². The van der Waals surface area contributed by atoms with Gasteiger partial charge in [-0.3, -0.25) is 9.59 Å². The standard InChI is InChI=1S/C19H19N3O3/c1-12(13-6-10-17(23)11-7-13)21-22-19(25)15-4-8-16(9-5-15)20-18(24)14-2-3-14/h4-11,14,23H,2-3H2,1H3,(H,20,24)(H,22,25). The number of carbonyl (C=O) groups excluding carboxylic acids is 2. The van der Waals surface area contributed by atoms with E-state index in [9.17, 15) is 14.7 Å². The van der Waals surface area contributed by atoms with E-state index >= 15 is 0 Å². The lowest BCUT2D eigenvalue weighted by atomic mass is 10.1. The molecule has 0 atom stereocenters. The Morgan fingerprint density at radius 2 is 1.60 bits per heavy atom. The molecule has 1 saturated carbocycles. The summed E-state index contributed by atoms with van der Waals surface area (Å²) in [5.74, 6) is 0.0131. The summed E-state index contributed by atoms with van der Waals surface area (Å²) in [5, 5.41) is 16.2. The quantitative estimate of drug-likeness (QED) is 0.579. The van der Waals surface area contributed by atoms with E-state index in [1.54, 1.807) is 55.5 Å². The van der Waals surface area contributed by atoms with Gasteiger partial charge in [-0.1, -0.05) is 0 Å². The van der Waals surface area contributed by atoms with Crippen LogP contribution in [0.2, 0.25) is 0 Å². The summed E-state index contributed by atoms with van der Waals surface area (Å²) in [6.45, 7) is 1.77. The smallest absolute Gasteiger partial charge is 0.271 e. The Bertz CT molecular complexity index is 807. The molecule has 2 aromatic rings. The van der Waals surface area contributed by atoms with Gasteiger partial charge in [0.05, 0.1) is 5.71 Å². The molecule has 1 fully saturated rings. The van der Waals surface area contributed by atoms with E-state index in [0.717, 1.165) is 18.4 Å². The predicted octanol–water partition coefficient (Wildman–Crippen LogP) is 2.89. The molecule has 0 spiro atoms. The monoisotopic (exact) mass is 337 g/mol. The Morgan fingerprint density at radius 3 is 2.20 bits per heavy atom. The zero-order valence-corrected chi connectivity index (χ0v) is 13.8. The molecule has 0 bridgehead atoms. The maximum Gasteiger partial charge on any atom is 0.271 e. The molecule has 6 nitrogen and oxygen atoms in total. The minimum Gasteiger partial charge on any atom is -0.508 e. The molecule has 3 rings (SSSR count). The first-order valence-corrected chi connectivity index (χ1v) is 8.08. The first-order chi connectivity index (χ1) is 12.0. The molecule has 1 aliphatic rings. The minimum absolute atomic E-state index is 0.0336. The predicted molar refractivity (Wildman–Crippen MR) is 95.6 cm³/mol. The molecule has 0 heterocycles. The summed E-state index contributed by atoms with van der Waals surface area (Å²) in [6.07, 6.45) is 1.90. The maximum atomic E-state index is 12.1. The summed E-state index contributed by atoms with van der Waals surface area (Å²) in [4.78, 5) is 23.8. The molecule has 0 aliphatic heterocycles. The number of benzene rings is 2. The Hall–Kier alpha value is -3.15. The summed E-state index contributed by atoms with van der Waals surface area (Å²) < 4.78 is 0. The fourth-order valence-corrected chi connectivity index (χ4v) is 2.26. The van der Waals surface area contributed by atoms with Crippen LogP contribution in [0.3, 0.4) is 0 Å². The van der Waals surface area contributed by atoms with Crippen LogP contribution >= 0.6 is 0 Å². The summed E-state index contributed by atoms with van der Waals surface area (Å²) in [6, 6.07) is 13.2. The van der Waals surface area contributed by atoms with E-state index in [2.05, 4.69) is 15.8 Å². The lowest BCUT2D eigenvalue weighted by molar-refractivity contribution is -0.117. The highest BCUT2D eigenvalue weighted by atomic mass is 16.3. The van der Waals surface area contributed by atoms with Crippen molar-refractivity contribution in [3.63, 3.8) is 0 Å². The molecule has 0 unspecified atom stereocenters. The number of aromatic hydroxyl groups is 1. The molecule has 25 heavy (non-hydrogen) atoms. The zero-order chi connectivity index (χ0) is 17.8. The summed E-state index contributed by atoms with van der Waals surface area (Å²) >= 11 is 0. The van der Waals surface area contributed by atoms with Crippen LogP contribution < -0.4 is 10.7 Å². The Balaban J connectivity index is 1.59. The normalized spacial score (nSPS) is 14.0. The van der Waals surface area contributed by atoms with Crippen molar-refractivity contribution in [2.45, 2.75) is 19.8 Å². The van der Waals surface area contributed by atoms with Crippen LogP contribution in [-0.4, -0.2) is 22.6 Å².